The third-order valence-corrected chi connectivity index (χ3v) is 6.90. The second kappa shape index (κ2) is 9.97. The molecule has 8 nitrogen and oxygen atoms in total. The molecule has 0 aliphatic carbocycles. The van der Waals surface area contributed by atoms with Crippen molar-refractivity contribution in [2.75, 3.05) is 42.3 Å². The fraction of sp³-hybridized carbons (Fsp3) is 0.308. The highest BCUT2D eigenvalue weighted by Crippen LogP contribution is 2.34. The molecule has 3 aromatic heterocycles. The Hall–Kier alpha value is -3.56. The first kappa shape index (κ1) is 23.2. The summed E-state index contributed by atoms with van der Waals surface area (Å²) in [5, 5.41) is 4.10. The summed E-state index contributed by atoms with van der Waals surface area (Å²) >= 11 is 1.64. The lowest BCUT2D eigenvalue weighted by atomic mass is 10.0. The average Bonchev–Trinajstić information content (AvgIpc) is 3.28. The Balaban J connectivity index is 1.44. The van der Waals surface area contributed by atoms with E-state index in [1.165, 1.54) is 0 Å². The molecule has 1 fully saturated rings. The summed E-state index contributed by atoms with van der Waals surface area (Å²) < 4.78 is 6.52. The second-order valence-electron chi connectivity index (χ2n) is 9.00. The number of hydrogen-bond donors (Lipinski definition) is 2. The average molecular weight is 489 g/mol. The molecule has 5 rings (SSSR count). The van der Waals surface area contributed by atoms with Crippen LogP contribution in [0.4, 0.5) is 16.6 Å². The molecular formula is C26H28N6O2S. The fourth-order valence-electron chi connectivity index (χ4n) is 4.09. The lowest BCUT2D eigenvalue weighted by Crippen LogP contribution is -2.36. The van der Waals surface area contributed by atoms with Gasteiger partial charge in [-0.2, -0.15) is 0 Å². The van der Waals surface area contributed by atoms with E-state index in [0.29, 0.717) is 36.3 Å². The standard InChI is InChI=1S/C26H28N6O2S/c1-16(2)12-18-13-22-23(35-26(31-22)32-8-10-34-11-9-32)14-21(18)30-25(33)20-5-3-4-19(29-20)17-6-7-24(27)28-15-17/h3-7,13-16H,8-12H2,1-2H3,(H2,27,28)(H,30,33). The van der Waals surface area contributed by atoms with Crippen LogP contribution in [0.5, 0.6) is 0 Å². The predicted molar refractivity (Wildman–Crippen MR) is 141 cm³/mol. The number of carbonyl (C=O) groups excluding carboxylic acids is 1. The van der Waals surface area contributed by atoms with Crippen LogP contribution in [0.25, 0.3) is 21.5 Å². The first-order valence-corrected chi connectivity index (χ1v) is 12.5. The summed E-state index contributed by atoms with van der Waals surface area (Å²) in [6.07, 6.45) is 2.49. The number of ether oxygens (including phenoxy) is 1. The van der Waals surface area contributed by atoms with Crippen molar-refractivity contribution >= 4 is 44.1 Å². The van der Waals surface area contributed by atoms with Gasteiger partial charge < -0.3 is 20.7 Å². The molecular weight excluding hydrogens is 460 g/mol. The fourth-order valence-corrected chi connectivity index (χ4v) is 5.12. The largest absolute Gasteiger partial charge is 0.384 e. The van der Waals surface area contributed by atoms with E-state index in [-0.39, 0.29) is 5.91 Å². The van der Waals surface area contributed by atoms with Gasteiger partial charge in [0.15, 0.2) is 5.13 Å². The summed E-state index contributed by atoms with van der Waals surface area (Å²) in [4.78, 5) is 29.1. The number of amides is 1. The van der Waals surface area contributed by atoms with Gasteiger partial charge in [0.2, 0.25) is 0 Å². The number of hydrogen-bond acceptors (Lipinski definition) is 8. The maximum atomic E-state index is 13.2. The number of fused-ring (bicyclic) bond motifs is 1. The lowest BCUT2D eigenvalue weighted by Gasteiger charge is -2.25. The van der Waals surface area contributed by atoms with E-state index in [4.69, 9.17) is 15.5 Å². The lowest BCUT2D eigenvalue weighted by molar-refractivity contribution is 0.102. The van der Waals surface area contributed by atoms with Crippen LogP contribution in [-0.2, 0) is 11.2 Å². The maximum Gasteiger partial charge on any atom is 0.274 e. The van der Waals surface area contributed by atoms with Crippen LogP contribution in [-0.4, -0.2) is 47.2 Å². The van der Waals surface area contributed by atoms with E-state index in [2.05, 4.69) is 40.1 Å². The minimum absolute atomic E-state index is 0.252. The Morgan fingerprint density at radius 1 is 1.17 bits per heavy atom. The zero-order valence-electron chi connectivity index (χ0n) is 19.8. The number of nitrogen functional groups attached to an aromatic ring is 1. The van der Waals surface area contributed by atoms with Gasteiger partial charge in [0, 0.05) is 30.5 Å². The van der Waals surface area contributed by atoms with Crippen molar-refractivity contribution in [2.24, 2.45) is 5.92 Å². The van der Waals surface area contributed by atoms with Crippen molar-refractivity contribution in [1.29, 1.82) is 0 Å². The number of nitrogens with two attached hydrogens (primary N) is 1. The van der Waals surface area contributed by atoms with Gasteiger partial charge in [0.25, 0.3) is 5.91 Å². The zero-order valence-corrected chi connectivity index (χ0v) is 20.6. The molecule has 0 unspecified atom stereocenters. The molecule has 0 atom stereocenters. The van der Waals surface area contributed by atoms with Crippen LogP contribution >= 0.6 is 11.3 Å². The van der Waals surface area contributed by atoms with E-state index in [0.717, 1.165) is 51.7 Å². The van der Waals surface area contributed by atoms with E-state index >= 15 is 0 Å². The van der Waals surface area contributed by atoms with Crippen molar-refractivity contribution in [3.63, 3.8) is 0 Å². The van der Waals surface area contributed by atoms with Gasteiger partial charge in [-0.3, -0.25) is 4.79 Å². The Morgan fingerprint density at radius 3 is 2.74 bits per heavy atom. The van der Waals surface area contributed by atoms with E-state index < -0.39 is 0 Å². The highest BCUT2D eigenvalue weighted by Gasteiger charge is 2.19. The van der Waals surface area contributed by atoms with Gasteiger partial charge in [0.05, 0.1) is 29.1 Å². The first-order valence-electron chi connectivity index (χ1n) is 11.7. The molecule has 0 bridgehead atoms. The van der Waals surface area contributed by atoms with Gasteiger partial charge >= 0.3 is 0 Å². The Morgan fingerprint density at radius 2 is 2.00 bits per heavy atom. The summed E-state index contributed by atoms with van der Waals surface area (Å²) in [6, 6.07) is 13.1. The number of anilines is 3. The van der Waals surface area contributed by atoms with Gasteiger partial charge in [-0.15, -0.1) is 0 Å². The molecule has 4 heterocycles. The Kier molecular flexibility index (Phi) is 6.61. The van der Waals surface area contributed by atoms with Crippen LogP contribution in [0.15, 0.2) is 48.7 Å². The maximum absolute atomic E-state index is 13.2. The van der Waals surface area contributed by atoms with Gasteiger partial charge in [0.1, 0.15) is 11.5 Å². The zero-order chi connectivity index (χ0) is 24.4. The second-order valence-corrected chi connectivity index (χ2v) is 10.0. The first-order chi connectivity index (χ1) is 17.0. The number of benzene rings is 1. The third kappa shape index (κ3) is 5.26. The molecule has 0 radical (unpaired) electrons. The minimum atomic E-state index is -0.252. The molecule has 1 aromatic carbocycles. The van der Waals surface area contributed by atoms with Crippen LogP contribution in [0.1, 0.15) is 29.9 Å². The highest BCUT2D eigenvalue weighted by atomic mass is 32.1. The molecule has 9 heteroatoms. The van der Waals surface area contributed by atoms with Gasteiger partial charge in [-0.05, 0) is 54.3 Å². The summed E-state index contributed by atoms with van der Waals surface area (Å²) in [6.45, 7) is 7.45. The van der Waals surface area contributed by atoms with Crippen LogP contribution in [0.2, 0.25) is 0 Å². The molecule has 35 heavy (non-hydrogen) atoms. The van der Waals surface area contributed by atoms with Crippen molar-refractivity contribution in [3.8, 4) is 11.3 Å². The number of nitrogens with one attached hydrogen (secondary N) is 1. The van der Waals surface area contributed by atoms with E-state index in [1.807, 2.05) is 24.3 Å². The minimum Gasteiger partial charge on any atom is -0.384 e. The number of carbonyl (C=O) groups is 1. The summed E-state index contributed by atoms with van der Waals surface area (Å²) in [7, 11) is 0. The number of nitrogens with zero attached hydrogens (tertiary/aromatic N) is 4. The quantitative estimate of drug-likeness (QED) is 0.408. The van der Waals surface area contributed by atoms with Crippen molar-refractivity contribution in [1.82, 2.24) is 15.0 Å². The predicted octanol–water partition coefficient (Wildman–Crippen LogP) is 4.62. The molecule has 1 aliphatic rings. The monoisotopic (exact) mass is 488 g/mol. The molecule has 3 N–H and O–H groups in total. The van der Waals surface area contributed by atoms with Crippen LogP contribution in [0.3, 0.4) is 0 Å². The Labute approximate surface area is 208 Å². The molecule has 180 valence electrons. The highest BCUT2D eigenvalue weighted by molar-refractivity contribution is 7.22. The Bertz CT molecular complexity index is 1350. The molecule has 1 saturated heterocycles. The van der Waals surface area contributed by atoms with Crippen molar-refractivity contribution in [2.45, 2.75) is 20.3 Å². The van der Waals surface area contributed by atoms with Crippen LogP contribution in [0, 0.1) is 5.92 Å². The number of aromatic nitrogens is 3. The summed E-state index contributed by atoms with van der Waals surface area (Å²) in [5.74, 6) is 0.619. The molecule has 1 aliphatic heterocycles. The van der Waals surface area contributed by atoms with E-state index in [9.17, 15) is 4.79 Å². The molecule has 0 saturated carbocycles. The number of pyridine rings is 2. The van der Waals surface area contributed by atoms with Crippen LogP contribution < -0.4 is 16.0 Å². The smallest absolute Gasteiger partial charge is 0.274 e. The van der Waals surface area contributed by atoms with Crippen molar-refractivity contribution in [3.05, 3.63) is 59.9 Å². The van der Waals surface area contributed by atoms with Crippen molar-refractivity contribution < 1.29 is 9.53 Å². The molecule has 4 aromatic rings. The number of thiazole rings is 1. The van der Waals surface area contributed by atoms with Gasteiger partial charge in [-0.25, -0.2) is 15.0 Å². The SMILES string of the molecule is CC(C)Cc1cc2nc(N3CCOCC3)sc2cc1NC(=O)c1cccc(-c2ccc(N)nc2)n1. The van der Waals surface area contributed by atoms with Gasteiger partial charge in [-0.1, -0.05) is 31.3 Å². The number of morpholine rings is 1. The topological polar surface area (TPSA) is 106 Å². The third-order valence-electron chi connectivity index (χ3n) is 5.82. The molecule has 1 amide bonds. The normalized spacial score (nSPS) is 14.0. The summed E-state index contributed by atoms with van der Waals surface area (Å²) in [5.41, 5.74) is 10.3. The van der Waals surface area contributed by atoms with E-state index in [1.54, 1.807) is 29.7 Å². The number of rotatable bonds is 6. The molecule has 0 spiro atoms.